The van der Waals surface area contributed by atoms with E-state index < -0.39 is 0 Å². The van der Waals surface area contributed by atoms with Crippen LogP contribution in [-0.4, -0.2) is 20.9 Å². The fraction of sp³-hybridized carbons (Fsp3) is 0.316. The van der Waals surface area contributed by atoms with Crippen molar-refractivity contribution in [1.82, 2.24) is 15.0 Å². The maximum Gasteiger partial charge on any atom is 0.255 e. The number of nitrogens with zero attached hydrogens (tertiary/aromatic N) is 3. The lowest BCUT2D eigenvalue weighted by Crippen LogP contribution is -2.11. The number of fused-ring (bicyclic) bond motifs is 1. The molecule has 0 bridgehead atoms. The minimum atomic E-state index is -0.140. The van der Waals surface area contributed by atoms with Crippen LogP contribution in [0.3, 0.4) is 0 Å². The minimum Gasteiger partial charge on any atom is -0.322 e. The van der Waals surface area contributed by atoms with Crippen LogP contribution >= 0.6 is 0 Å². The smallest absolute Gasteiger partial charge is 0.255 e. The highest BCUT2D eigenvalue weighted by atomic mass is 16.1. The van der Waals surface area contributed by atoms with Gasteiger partial charge >= 0.3 is 0 Å². The molecule has 0 aliphatic heterocycles. The molecular weight excluding hydrogens is 300 g/mol. The van der Waals surface area contributed by atoms with Gasteiger partial charge in [-0.25, -0.2) is 4.68 Å². The quantitative estimate of drug-likeness (QED) is 0.765. The second kappa shape index (κ2) is 6.83. The number of benzene rings is 2. The van der Waals surface area contributed by atoms with Gasteiger partial charge in [-0.05, 0) is 48.2 Å². The average Bonchev–Trinajstić information content (AvgIpc) is 2.98. The van der Waals surface area contributed by atoms with Gasteiger partial charge in [-0.1, -0.05) is 38.1 Å². The van der Waals surface area contributed by atoms with E-state index in [0.29, 0.717) is 11.5 Å². The Bertz CT molecular complexity index is 849. The first-order valence-electron chi connectivity index (χ1n) is 8.33. The number of amides is 1. The molecule has 0 unspecified atom stereocenters. The molecular formula is C19H22N4O. The maximum absolute atomic E-state index is 12.4. The van der Waals surface area contributed by atoms with Crippen LogP contribution in [0.2, 0.25) is 0 Å². The molecule has 0 radical (unpaired) electrons. The van der Waals surface area contributed by atoms with E-state index in [9.17, 15) is 4.79 Å². The fourth-order valence-electron chi connectivity index (χ4n) is 2.64. The molecule has 5 nitrogen and oxygen atoms in total. The van der Waals surface area contributed by atoms with E-state index in [0.717, 1.165) is 29.7 Å². The van der Waals surface area contributed by atoms with Crippen LogP contribution in [0.25, 0.3) is 11.0 Å². The first-order chi connectivity index (χ1) is 11.6. The summed E-state index contributed by atoms with van der Waals surface area (Å²) in [7, 11) is 0. The zero-order valence-electron chi connectivity index (χ0n) is 14.3. The average molecular weight is 322 g/mol. The van der Waals surface area contributed by atoms with Crippen molar-refractivity contribution >= 4 is 22.6 Å². The van der Waals surface area contributed by atoms with Crippen molar-refractivity contribution in [2.24, 2.45) is 0 Å². The first-order valence-corrected chi connectivity index (χ1v) is 8.33. The van der Waals surface area contributed by atoms with Crippen molar-refractivity contribution in [3.8, 4) is 0 Å². The number of anilines is 1. The molecule has 0 atom stereocenters. The van der Waals surface area contributed by atoms with Crippen LogP contribution in [0.5, 0.6) is 0 Å². The summed E-state index contributed by atoms with van der Waals surface area (Å²) in [5.41, 5.74) is 4.32. The molecule has 1 heterocycles. The largest absolute Gasteiger partial charge is 0.322 e. The number of hydrogen-bond acceptors (Lipinski definition) is 3. The molecule has 5 heteroatoms. The SMILES string of the molecule is CCCn1nnc2cc(C(=O)Nc3ccc(C(C)C)cc3)ccc21. The summed E-state index contributed by atoms with van der Waals surface area (Å²) >= 11 is 0. The molecule has 0 saturated carbocycles. The minimum absolute atomic E-state index is 0.140. The van der Waals surface area contributed by atoms with E-state index in [2.05, 4.69) is 36.4 Å². The van der Waals surface area contributed by atoms with Gasteiger partial charge in [0.2, 0.25) is 0 Å². The molecule has 0 fully saturated rings. The van der Waals surface area contributed by atoms with Crippen LogP contribution in [0.15, 0.2) is 42.5 Å². The molecule has 1 amide bonds. The van der Waals surface area contributed by atoms with Crippen molar-refractivity contribution < 1.29 is 4.79 Å². The van der Waals surface area contributed by atoms with E-state index in [1.165, 1.54) is 5.56 Å². The van der Waals surface area contributed by atoms with Crippen molar-refractivity contribution in [2.45, 2.75) is 39.7 Å². The van der Waals surface area contributed by atoms with Gasteiger partial charge in [0.25, 0.3) is 5.91 Å². The van der Waals surface area contributed by atoms with Gasteiger partial charge in [-0.15, -0.1) is 5.10 Å². The third kappa shape index (κ3) is 3.30. The summed E-state index contributed by atoms with van der Waals surface area (Å²) in [5, 5.41) is 11.2. The van der Waals surface area contributed by atoms with E-state index in [4.69, 9.17) is 0 Å². The highest BCUT2D eigenvalue weighted by Gasteiger charge is 2.10. The van der Waals surface area contributed by atoms with Crippen LogP contribution in [0.1, 0.15) is 49.0 Å². The van der Waals surface area contributed by atoms with Crippen molar-refractivity contribution in [3.05, 3.63) is 53.6 Å². The molecule has 1 N–H and O–H groups in total. The van der Waals surface area contributed by atoms with Crippen LogP contribution in [0.4, 0.5) is 5.69 Å². The molecule has 0 aliphatic carbocycles. The van der Waals surface area contributed by atoms with E-state index in [1.807, 2.05) is 41.1 Å². The van der Waals surface area contributed by atoms with E-state index in [-0.39, 0.29) is 5.91 Å². The Balaban J connectivity index is 1.78. The zero-order chi connectivity index (χ0) is 17.1. The molecule has 3 rings (SSSR count). The second-order valence-electron chi connectivity index (χ2n) is 6.25. The summed E-state index contributed by atoms with van der Waals surface area (Å²) in [6.07, 6.45) is 0.993. The summed E-state index contributed by atoms with van der Waals surface area (Å²) in [4.78, 5) is 12.4. The van der Waals surface area contributed by atoms with Gasteiger partial charge in [0.1, 0.15) is 5.52 Å². The highest BCUT2D eigenvalue weighted by molar-refractivity contribution is 6.05. The number of nitrogens with one attached hydrogen (secondary N) is 1. The summed E-state index contributed by atoms with van der Waals surface area (Å²) < 4.78 is 1.86. The predicted molar refractivity (Wildman–Crippen MR) is 96.3 cm³/mol. The topological polar surface area (TPSA) is 59.8 Å². The molecule has 0 saturated heterocycles. The Morgan fingerprint density at radius 1 is 1.17 bits per heavy atom. The lowest BCUT2D eigenvalue weighted by molar-refractivity contribution is 0.102. The Hall–Kier alpha value is -2.69. The van der Waals surface area contributed by atoms with E-state index >= 15 is 0 Å². The Morgan fingerprint density at radius 3 is 2.58 bits per heavy atom. The Labute approximate surface area is 141 Å². The monoisotopic (exact) mass is 322 g/mol. The normalized spacial score (nSPS) is 11.2. The predicted octanol–water partition coefficient (Wildman–Crippen LogP) is 4.22. The Kier molecular flexibility index (Phi) is 4.60. The summed E-state index contributed by atoms with van der Waals surface area (Å²) in [6.45, 7) is 7.22. The molecule has 0 spiro atoms. The van der Waals surface area contributed by atoms with Crippen molar-refractivity contribution in [2.75, 3.05) is 5.32 Å². The van der Waals surface area contributed by atoms with E-state index in [1.54, 1.807) is 6.07 Å². The summed E-state index contributed by atoms with van der Waals surface area (Å²) in [6, 6.07) is 13.5. The van der Waals surface area contributed by atoms with Gasteiger partial charge in [0, 0.05) is 17.8 Å². The van der Waals surface area contributed by atoms with Crippen LogP contribution in [0, 0.1) is 0 Å². The van der Waals surface area contributed by atoms with Gasteiger partial charge in [0.05, 0.1) is 5.52 Å². The standard InChI is InChI=1S/C19H22N4O/c1-4-11-23-18-10-7-15(12-17(18)21-22-23)19(24)20-16-8-5-14(6-9-16)13(2)3/h5-10,12-13H,4,11H2,1-3H3,(H,20,24). The third-order valence-corrected chi connectivity index (χ3v) is 4.05. The number of aryl methyl sites for hydroxylation is 1. The highest BCUT2D eigenvalue weighted by Crippen LogP contribution is 2.19. The zero-order valence-corrected chi connectivity index (χ0v) is 14.3. The van der Waals surface area contributed by atoms with Gasteiger partial charge < -0.3 is 5.32 Å². The Morgan fingerprint density at radius 2 is 1.92 bits per heavy atom. The van der Waals surface area contributed by atoms with Crippen LogP contribution in [-0.2, 0) is 6.54 Å². The first kappa shape index (κ1) is 16.2. The molecule has 1 aromatic heterocycles. The van der Waals surface area contributed by atoms with Crippen LogP contribution < -0.4 is 5.32 Å². The van der Waals surface area contributed by atoms with Gasteiger partial charge in [0.15, 0.2) is 0 Å². The van der Waals surface area contributed by atoms with Crippen molar-refractivity contribution in [1.29, 1.82) is 0 Å². The summed E-state index contributed by atoms with van der Waals surface area (Å²) in [5.74, 6) is 0.335. The molecule has 0 aliphatic rings. The molecule has 2 aromatic carbocycles. The molecule has 3 aromatic rings. The van der Waals surface area contributed by atoms with Gasteiger partial charge in [-0.2, -0.15) is 0 Å². The molecule has 124 valence electrons. The van der Waals surface area contributed by atoms with Gasteiger partial charge in [-0.3, -0.25) is 4.79 Å². The lowest BCUT2D eigenvalue weighted by Gasteiger charge is -2.08. The third-order valence-electron chi connectivity index (χ3n) is 4.05. The number of rotatable bonds is 5. The molecule has 24 heavy (non-hydrogen) atoms. The fourth-order valence-corrected chi connectivity index (χ4v) is 2.64. The number of carbonyl (C=O) groups is 1. The number of hydrogen-bond donors (Lipinski definition) is 1. The number of carbonyl (C=O) groups excluding carboxylic acids is 1. The van der Waals surface area contributed by atoms with Crippen molar-refractivity contribution in [3.63, 3.8) is 0 Å². The number of aromatic nitrogens is 3. The second-order valence-corrected chi connectivity index (χ2v) is 6.25. The lowest BCUT2D eigenvalue weighted by atomic mass is 10.0. The maximum atomic E-state index is 12.4.